The summed E-state index contributed by atoms with van der Waals surface area (Å²) in [6, 6.07) is 3.80. The molecule has 0 saturated heterocycles. The highest BCUT2D eigenvalue weighted by Gasteiger charge is 2.13. The number of ketones is 1. The van der Waals surface area contributed by atoms with Gasteiger partial charge in [-0.3, -0.25) is 9.78 Å². The second kappa shape index (κ2) is 5.50. The third-order valence-electron chi connectivity index (χ3n) is 2.26. The van der Waals surface area contributed by atoms with Gasteiger partial charge in [-0.2, -0.15) is 0 Å². The predicted octanol–water partition coefficient (Wildman–Crippen LogP) is 1.21. The molecule has 0 spiro atoms. The summed E-state index contributed by atoms with van der Waals surface area (Å²) in [6.07, 6.45) is 4.67. The van der Waals surface area contributed by atoms with E-state index in [2.05, 4.69) is 4.98 Å². The van der Waals surface area contributed by atoms with Crippen molar-refractivity contribution in [1.82, 2.24) is 4.98 Å². The van der Waals surface area contributed by atoms with E-state index in [1.807, 2.05) is 12.1 Å². The van der Waals surface area contributed by atoms with Crippen LogP contribution in [0.15, 0.2) is 24.5 Å². The molecule has 3 heteroatoms. The molecule has 14 heavy (non-hydrogen) atoms. The number of Topliss-reactive ketones (excluding diaryl/α,β-unsaturated/α-hetero) is 1. The summed E-state index contributed by atoms with van der Waals surface area (Å²) in [5, 5.41) is 8.80. The molecule has 0 aromatic carbocycles. The van der Waals surface area contributed by atoms with Gasteiger partial charge in [0.25, 0.3) is 0 Å². The second-order valence-corrected chi connectivity index (χ2v) is 3.39. The van der Waals surface area contributed by atoms with E-state index in [0.29, 0.717) is 12.8 Å². The lowest BCUT2D eigenvalue weighted by Crippen LogP contribution is -2.15. The topological polar surface area (TPSA) is 50.2 Å². The van der Waals surface area contributed by atoms with Gasteiger partial charge in [-0.05, 0) is 31.4 Å². The number of aliphatic hydroxyl groups is 1. The van der Waals surface area contributed by atoms with Gasteiger partial charge < -0.3 is 5.11 Å². The van der Waals surface area contributed by atoms with E-state index < -0.39 is 0 Å². The fourth-order valence-electron chi connectivity index (χ4n) is 1.41. The van der Waals surface area contributed by atoms with Gasteiger partial charge in [0.1, 0.15) is 5.78 Å². The predicted molar refractivity (Wildman–Crippen MR) is 53.8 cm³/mol. The molecule has 1 aromatic rings. The molecule has 1 heterocycles. The Morgan fingerprint density at radius 3 is 2.93 bits per heavy atom. The molecular weight excluding hydrogens is 178 g/mol. The van der Waals surface area contributed by atoms with Crippen LogP contribution in [-0.2, 0) is 11.2 Å². The average Bonchev–Trinajstić information content (AvgIpc) is 2.18. The lowest BCUT2D eigenvalue weighted by molar-refractivity contribution is -0.121. The molecule has 0 aliphatic heterocycles. The Kier molecular flexibility index (Phi) is 4.26. The van der Waals surface area contributed by atoms with Crippen LogP contribution in [-0.4, -0.2) is 22.5 Å². The SMILES string of the molecule is CC(=O)C(CCO)Cc1cccnc1. The van der Waals surface area contributed by atoms with Gasteiger partial charge in [0.15, 0.2) is 0 Å². The summed E-state index contributed by atoms with van der Waals surface area (Å²) in [5.74, 6) is 0.0482. The van der Waals surface area contributed by atoms with E-state index >= 15 is 0 Å². The normalized spacial score (nSPS) is 12.4. The van der Waals surface area contributed by atoms with Gasteiger partial charge in [-0.25, -0.2) is 0 Å². The van der Waals surface area contributed by atoms with E-state index in [-0.39, 0.29) is 18.3 Å². The van der Waals surface area contributed by atoms with Crippen molar-refractivity contribution in [1.29, 1.82) is 0 Å². The first-order valence-electron chi connectivity index (χ1n) is 4.74. The van der Waals surface area contributed by atoms with Crippen molar-refractivity contribution < 1.29 is 9.90 Å². The number of nitrogens with zero attached hydrogens (tertiary/aromatic N) is 1. The first-order chi connectivity index (χ1) is 6.74. The number of carbonyl (C=O) groups excluding carboxylic acids is 1. The van der Waals surface area contributed by atoms with Crippen molar-refractivity contribution in [3.8, 4) is 0 Å². The Labute approximate surface area is 83.8 Å². The average molecular weight is 193 g/mol. The molecule has 3 nitrogen and oxygen atoms in total. The largest absolute Gasteiger partial charge is 0.396 e. The molecule has 0 fully saturated rings. The van der Waals surface area contributed by atoms with Gasteiger partial charge >= 0.3 is 0 Å². The summed E-state index contributed by atoms with van der Waals surface area (Å²) in [7, 11) is 0. The van der Waals surface area contributed by atoms with Gasteiger partial charge in [0.2, 0.25) is 0 Å². The molecule has 0 bridgehead atoms. The lowest BCUT2D eigenvalue weighted by Gasteiger charge is -2.11. The van der Waals surface area contributed by atoms with Gasteiger partial charge in [0.05, 0.1) is 0 Å². The van der Waals surface area contributed by atoms with Crippen molar-refractivity contribution >= 4 is 5.78 Å². The number of aromatic nitrogens is 1. The Balaban J connectivity index is 2.60. The third-order valence-corrected chi connectivity index (χ3v) is 2.26. The first kappa shape index (κ1) is 10.9. The molecule has 1 unspecified atom stereocenters. The summed E-state index contributed by atoms with van der Waals surface area (Å²) in [6.45, 7) is 1.63. The summed E-state index contributed by atoms with van der Waals surface area (Å²) >= 11 is 0. The number of hydrogen-bond donors (Lipinski definition) is 1. The van der Waals surface area contributed by atoms with Crippen molar-refractivity contribution in [3.05, 3.63) is 30.1 Å². The van der Waals surface area contributed by atoms with Gasteiger partial charge in [-0.1, -0.05) is 6.07 Å². The smallest absolute Gasteiger partial charge is 0.133 e. The van der Waals surface area contributed by atoms with Crippen LogP contribution in [0, 0.1) is 5.92 Å². The zero-order valence-corrected chi connectivity index (χ0v) is 8.31. The standard InChI is InChI=1S/C11H15NO2/c1-9(14)11(4-6-13)7-10-3-2-5-12-8-10/h2-3,5,8,11,13H,4,6-7H2,1H3. The van der Waals surface area contributed by atoms with E-state index in [0.717, 1.165) is 5.56 Å². The van der Waals surface area contributed by atoms with Crippen LogP contribution < -0.4 is 0 Å². The molecule has 1 rings (SSSR count). The zero-order valence-electron chi connectivity index (χ0n) is 8.31. The van der Waals surface area contributed by atoms with Crippen LogP contribution in [0.2, 0.25) is 0 Å². The maximum atomic E-state index is 11.2. The molecule has 0 radical (unpaired) electrons. The fourth-order valence-corrected chi connectivity index (χ4v) is 1.41. The van der Waals surface area contributed by atoms with Crippen molar-refractivity contribution in [2.24, 2.45) is 5.92 Å². The first-order valence-corrected chi connectivity index (χ1v) is 4.74. The minimum absolute atomic E-state index is 0.0600. The molecular formula is C11H15NO2. The minimum atomic E-state index is -0.0794. The second-order valence-electron chi connectivity index (χ2n) is 3.39. The van der Waals surface area contributed by atoms with Crippen LogP contribution >= 0.6 is 0 Å². The van der Waals surface area contributed by atoms with Gasteiger partial charge in [0, 0.05) is 24.9 Å². The number of hydrogen-bond acceptors (Lipinski definition) is 3. The fraction of sp³-hybridized carbons (Fsp3) is 0.455. The number of rotatable bonds is 5. The van der Waals surface area contributed by atoms with Crippen LogP contribution in [0.4, 0.5) is 0 Å². The molecule has 76 valence electrons. The number of carbonyl (C=O) groups is 1. The third kappa shape index (κ3) is 3.26. The van der Waals surface area contributed by atoms with E-state index in [1.54, 1.807) is 19.3 Å². The molecule has 0 amide bonds. The lowest BCUT2D eigenvalue weighted by atomic mass is 9.94. The van der Waals surface area contributed by atoms with Crippen molar-refractivity contribution in [3.63, 3.8) is 0 Å². The summed E-state index contributed by atoms with van der Waals surface area (Å²) < 4.78 is 0. The van der Waals surface area contributed by atoms with Crippen LogP contribution in [0.25, 0.3) is 0 Å². The molecule has 1 atom stereocenters. The maximum Gasteiger partial charge on any atom is 0.133 e. The van der Waals surface area contributed by atoms with E-state index in [1.165, 1.54) is 0 Å². The molecule has 0 aliphatic rings. The monoisotopic (exact) mass is 193 g/mol. The Bertz CT molecular complexity index is 285. The molecule has 0 aliphatic carbocycles. The summed E-state index contributed by atoms with van der Waals surface area (Å²) in [5.41, 5.74) is 1.04. The highest BCUT2D eigenvalue weighted by molar-refractivity contribution is 5.78. The highest BCUT2D eigenvalue weighted by atomic mass is 16.3. The Morgan fingerprint density at radius 1 is 1.64 bits per heavy atom. The van der Waals surface area contributed by atoms with Crippen LogP contribution in [0.5, 0.6) is 0 Å². The molecule has 1 N–H and O–H groups in total. The number of aliphatic hydroxyl groups excluding tert-OH is 1. The van der Waals surface area contributed by atoms with E-state index in [4.69, 9.17) is 5.11 Å². The molecule has 0 saturated carbocycles. The zero-order chi connectivity index (χ0) is 10.4. The highest BCUT2D eigenvalue weighted by Crippen LogP contribution is 2.12. The quantitative estimate of drug-likeness (QED) is 0.764. The Morgan fingerprint density at radius 2 is 2.43 bits per heavy atom. The summed E-state index contributed by atoms with van der Waals surface area (Å²) in [4.78, 5) is 15.2. The Hall–Kier alpha value is -1.22. The maximum absolute atomic E-state index is 11.2. The number of pyridine rings is 1. The van der Waals surface area contributed by atoms with E-state index in [9.17, 15) is 4.79 Å². The van der Waals surface area contributed by atoms with Crippen LogP contribution in [0.1, 0.15) is 18.9 Å². The van der Waals surface area contributed by atoms with Gasteiger partial charge in [-0.15, -0.1) is 0 Å². The minimum Gasteiger partial charge on any atom is -0.396 e. The van der Waals surface area contributed by atoms with Crippen LogP contribution in [0.3, 0.4) is 0 Å². The van der Waals surface area contributed by atoms with Crippen molar-refractivity contribution in [2.75, 3.05) is 6.61 Å². The molecule has 1 aromatic heterocycles. The van der Waals surface area contributed by atoms with Crippen molar-refractivity contribution in [2.45, 2.75) is 19.8 Å².